The van der Waals surface area contributed by atoms with Gasteiger partial charge in [-0.05, 0) is 32.4 Å². The highest BCUT2D eigenvalue weighted by Gasteiger charge is 2.17. The van der Waals surface area contributed by atoms with E-state index in [0.717, 1.165) is 0 Å². The Morgan fingerprint density at radius 3 is 2.57 bits per heavy atom. The molecule has 1 aromatic carbocycles. The van der Waals surface area contributed by atoms with Gasteiger partial charge in [0.1, 0.15) is 17.9 Å². The summed E-state index contributed by atoms with van der Waals surface area (Å²) in [6.45, 7) is 5.65. The lowest BCUT2D eigenvalue weighted by Gasteiger charge is -2.14. The highest BCUT2D eigenvalue weighted by atomic mass is 35.5. The Bertz CT molecular complexity index is 662. The fourth-order valence-corrected chi connectivity index (χ4v) is 2.42. The summed E-state index contributed by atoms with van der Waals surface area (Å²) in [4.78, 5) is 8.16. The predicted molar refractivity (Wildman–Crippen MR) is 82.6 cm³/mol. The second kappa shape index (κ2) is 6.58. The van der Waals surface area contributed by atoms with Gasteiger partial charge in [0.25, 0.3) is 0 Å². The summed E-state index contributed by atoms with van der Waals surface area (Å²) < 4.78 is 19.8. The summed E-state index contributed by atoms with van der Waals surface area (Å²) in [7, 11) is 0. The van der Waals surface area contributed by atoms with Crippen LogP contribution in [0, 0.1) is 5.82 Å². The van der Waals surface area contributed by atoms with Crippen LogP contribution in [0.1, 0.15) is 26.5 Å². The van der Waals surface area contributed by atoms with Crippen LogP contribution in [0.4, 0.5) is 4.39 Å². The minimum Gasteiger partial charge on any atom is -0.489 e. The molecule has 2 rings (SSSR count). The molecule has 0 radical (unpaired) electrons. The molecule has 0 aliphatic carbocycles. The van der Waals surface area contributed by atoms with Crippen LogP contribution < -0.4 is 4.74 Å². The van der Waals surface area contributed by atoms with E-state index in [1.165, 1.54) is 18.5 Å². The molecule has 2 aromatic rings. The first kappa shape index (κ1) is 16.0. The van der Waals surface area contributed by atoms with E-state index in [1.54, 1.807) is 0 Å². The molecule has 1 heterocycles. The number of rotatable bonds is 4. The Hall–Kier alpha value is -1.39. The number of aryl methyl sites for hydroxylation is 1. The molecule has 0 bridgehead atoms. The van der Waals surface area contributed by atoms with Crippen LogP contribution in [0.25, 0.3) is 11.3 Å². The molecule has 21 heavy (non-hydrogen) atoms. The van der Waals surface area contributed by atoms with Gasteiger partial charge in [-0.15, -0.1) is 0 Å². The first-order valence-electron chi connectivity index (χ1n) is 6.59. The normalized spacial score (nSPS) is 11.0. The topological polar surface area (TPSA) is 35.0 Å². The third-order valence-corrected chi connectivity index (χ3v) is 3.53. The van der Waals surface area contributed by atoms with Crippen LogP contribution >= 0.6 is 23.2 Å². The maximum atomic E-state index is 14.2. The number of hydrogen-bond acceptors (Lipinski definition) is 3. The minimum atomic E-state index is -0.501. The number of halogens is 3. The second-order valence-corrected chi connectivity index (χ2v) is 5.55. The second-order valence-electron chi connectivity index (χ2n) is 4.77. The first-order valence-corrected chi connectivity index (χ1v) is 7.35. The van der Waals surface area contributed by atoms with Crippen molar-refractivity contribution < 1.29 is 9.13 Å². The molecule has 0 aliphatic rings. The number of nitrogens with zero attached hydrogens (tertiary/aromatic N) is 2. The minimum absolute atomic E-state index is 0.0760. The summed E-state index contributed by atoms with van der Waals surface area (Å²) in [6, 6.07) is 2.73. The summed E-state index contributed by atoms with van der Waals surface area (Å²) in [5.74, 6) is -0.102. The third kappa shape index (κ3) is 3.44. The van der Waals surface area contributed by atoms with Crippen LogP contribution in [0.2, 0.25) is 10.0 Å². The SMILES string of the molecule is CCc1ncnc(-c2cc(OC(C)C)c(Cl)cc2F)c1Cl. The molecular formula is C15H15Cl2FN2O. The Morgan fingerprint density at radius 1 is 1.24 bits per heavy atom. The molecule has 112 valence electrons. The van der Waals surface area contributed by atoms with Gasteiger partial charge in [0.2, 0.25) is 0 Å². The van der Waals surface area contributed by atoms with Crippen LogP contribution in [0.15, 0.2) is 18.5 Å². The maximum absolute atomic E-state index is 14.2. The predicted octanol–water partition coefficient (Wildman–Crippen LogP) is 4.94. The van der Waals surface area contributed by atoms with E-state index < -0.39 is 5.82 Å². The maximum Gasteiger partial charge on any atom is 0.139 e. The van der Waals surface area contributed by atoms with Crippen molar-refractivity contribution in [1.82, 2.24) is 9.97 Å². The van der Waals surface area contributed by atoms with Crippen molar-refractivity contribution in [3.63, 3.8) is 0 Å². The molecule has 0 spiro atoms. The molecule has 0 saturated heterocycles. The van der Waals surface area contributed by atoms with Gasteiger partial charge in [-0.2, -0.15) is 0 Å². The van der Waals surface area contributed by atoms with Crippen LogP contribution in [-0.2, 0) is 6.42 Å². The molecule has 0 amide bonds. The lowest BCUT2D eigenvalue weighted by atomic mass is 10.1. The highest BCUT2D eigenvalue weighted by Crippen LogP contribution is 2.36. The summed E-state index contributed by atoms with van der Waals surface area (Å²) in [6.07, 6.45) is 1.93. The van der Waals surface area contributed by atoms with Crippen molar-refractivity contribution in [2.75, 3.05) is 0 Å². The summed E-state index contributed by atoms with van der Waals surface area (Å²) in [5, 5.41) is 0.558. The quantitative estimate of drug-likeness (QED) is 0.797. The average molecular weight is 329 g/mol. The van der Waals surface area contributed by atoms with Crippen LogP contribution in [0.3, 0.4) is 0 Å². The Kier molecular flexibility index (Phi) is 5.01. The Balaban J connectivity index is 2.58. The molecule has 0 aliphatic heterocycles. The fourth-order valence-electron chi connectivity index (χ4n) is 1.90. The van der Waals surface area contributed by atoms with Crippen molar-refractivity contribution >= 4 is 23.2 Å². The van der Waals surface area contributed by atoms with Gasteiger partial charge in [0.05, 0.1) is 27.5 Å². The van der Waals surface area contributed by atoms with Crippen molar-refractivity contribution in [3.05, 3.63) is 40.0 Å². The van der Waals surface area contributed by atoms with Crippen LogP contribution in [0.5, 0.6) is 5.75 Å². The summed E-state index contributed by atoms with van der Waals surface area (Å²) >= 11 is 12.2. The molecule has 0 fully saturated rings. The van der Waals surface area contributed by atoms with E-state index >= 15 is 0 Å². The van der Waals surface area contributed by atoms with Gasteiger partial charge in [-0.25, -0.2) is 14.4 Å². The zero-order valence-electron chi connectivity index (χ0n) is 12.0. The lowest BCUT2D eigenvalue weighted by Crippen LogP contribution is -2.06. The summed E-state index contributed by atoms with van der Waals surface area (Å²) in [5.41, 5.74) is 1.26. The van der Waals surface area contributed by atoms with Gasteiger partial charge in [-0.3, -0.25) is 0 Å². The van der Waals surface area contributed by atoms with Crippen molar-refractivity contribution in [2.24, 2.45) is 0 Å². The lowest BCUT2D eigenvalue weighted by molar-refractivity contribution is 0.242. The van der Waals surface area contributed by atoms with Crippen molar-refractivity contribution in [2.45, 2.75) is 33.3 Å². The van der Waals surface area contributed by atoms with Crippen molar-refractivity contribution in [1.29, 1.82) is 0 Å². The Morgan fingerprint density at radius 2 is 1.95 bits per heavy atom. The van der Waals surface area contributed by atoms with Gasteiger partial charge in [0, 0.05) is 5.56 Å². The fraction of sp³-hybridized carbons (Fsp3) is 0.333. The van der Waals surface area contributed by atoms with E-state index in [0.29, 0.717) is 28.6 Å². The number of benzene rings is 1. The van der Waals surface area contributed by atoms with E-state index in [4.69, 9.17) is 27.9 Å². The van der Waals surface area contributed by atoms with Gasteiger partial charge in [0.15, 0.2) is 0 Å². The van der Waals surface area contributed by atoms with E-state index in [-0.39, 0.29) is 16.7 Å². The molecule has 0 unspecified atom stereocenters. The Labute approximate surface area is 133 Å². The zero-order valence-corrected chi connectivity index (χ0v) is 13.5. The largest absolute Gasteiger partial charge is 0.489 e. The number of aromatic nitrogens is 2. The van der Waals surface area contributed by atoms with Crippen LogP contribution in [-0.4, -0.2) is 16.1 Å². The van der Waals surface area contributed by atoms with E-state index in [9.17, 15) is 4.39 Å². The third-order valence-electron chi connectivity index (χ3n) is 2.84. The van der Waals surface area contributed by atoms with E-state index in [2.05, 4.69) is 9.97 Å². The standard InChI is InChI=1S/C15H15Cl2FN2O/c1-4-12-14(17)15(20-7-19-12)9-5-13(21-8(2)3)10(16)6-11(9)18/h5-8H,4H2,1-3H3. The molecule has 3 nitrogen and oxygen atoms in total. The van der Waals surface area contributed by atoms with Gasteiger partial charge < -0.3 is 4.74 Å². The molecule has 0 N–H and O–H groups in total. The van der Waals surface area contributed by atoms with Gasteiger partial charge in [-0.1, -0.05) is 30.1 Å². The molecular weight excluding hydrogens is 314 g/mol. The zero-order chi connectivity index (χ0) is 15.6. The first-order chi connectivity index (χ1) is 9.93. The highest BCUT2D eigenvalue weighted by molar-refractivity contribution is 6.34. The molecule has 1 aromatic heterocycles. The number of hydrogen-bond donors (Lipinski definition) is 0. The van der Waals surface area contributed by atoms with Gasteiger partial charge >= 0.3 is 0 Å². The van der Waals surface area contributed by atoms with Crippen molar-refractivity contribution in [3.8, 4) is 17.0 Å². The molecule has 0 saturated carbocycles. The molecule has 6 heteroatoms. The average Bonchev–Trinajstić information content (AvgIpc) is 2.42. The smallest absolute Gasteiger partial charge is 0.139 e. The van der Waals surface area contributed by atoms with E-state index in [1.807, 2.05) is 20.8 Å². The monoisotopic (exact) mass is 328 g/mol. The molecule has 0 atom stereocenters. The number of ether oxygens (including phenoxy) is 1.